The molecule has 1 aromatic heterocycles. The van der Waals surface area contributed by atoms with E-state index in [1.54, 1.807) is 14.2 Å². The zero-order valence-electron chi connectivity index (χ0n) is 16.2. The summed E-state index contributed by atoms with van der Waals surface area (Å²) >= 11 is 0. The van der Waals surface area contributed by atoms with Gasteiger partial charge in [-0.3, -0.25) is 4.79 Å². The van der Waals surface area contributed by atoms with E-state index in [4.69, 9.17) is 19.2 Å². The van der Waals surface area contributed by atoms with Crippen molar-refractivity contribution in [3.63, 3.8) is 0 Å². The molecule has 0 bridgehead atoms. The number of rotatable bonds is 7. The Morgan fingerprint density at radius 2 is 1.93 bits per heavy atom. The van der Waals surface area contributed by atoms with Crippen molar-refractivity contribution in [3.05, 3.63) is 29.8 Å². The monoisotopic (exact) mass is 373 g/mol. The van der Waals surface area contributed by atoms with Crippen molar-refractivity contribution in [2.24, 2.45) is 0 Å². The third-order valence-electron chi connectivity index (χ3n) is 4.83. The maximum atomic E-state index is 12.2. The number of hydrogen-bond donors (Lipinski definition) is 0. The molecular formula is C20H27N3O4. The number of aryl methyl sites for hydroxylation is 1. The van der Waals surface area contributed by atoms with Crippen LogP contribution in [-0.4, -0.2) is 76.0 Å². The second kappa shape index (κ2) is 9.01. The fourth-order valence-corrected chi connectivity index (χ4v) is 3.28. The highest BCUT2D eigenvalue weighted by Crippen LogP contribution is 2.29. The largest absolute Gasteiger partial charge is 0.494 e. The molecule has 0 radical (unpaired) electrons. The predicted octanol–water partition coefficient (Wildman–Crippen LogP) is 1.86. The third kappa shape index (κ3) is 4.48. The number of methoxy groups -OCH3 is 2. The van der Waals surface area contributed by atoms with Crippen LogP contribution in [0.4, 0.5) is 5.82 Å². The van der Waals surface area contributed by atoms with Crippen molar-refractivity contribution in [1.82, 2.24) is 9.88 Å². The number of anilines is 1. The number of hydrogen-bond acceptors (Lipinski definition) is 6. The molecule has 1 fully saturated rings. The molecule has 1 aliphatic rings. The average Bonchev–Trinajstić information content (AvgIpc) is 2.70. The highest BCUT2D eigenvalue weighted by Gasteiger charge is 2.22. The molecule has 1 aliphatic heterocycles. The first-order chi connectivity index (χ1) is 13.1. The second-order valence-corrected chi connectivity index (χ2v) is 6.57. The average molecular weight is 373 g/mol. The topological polar surface area (TPSA) is 64.1 Å². The van der Waals surface area contributed by atoms with Crippen LogP contribution in [0.15, 0.2) is 24.3 Å². The van der Waals surface area contributed by atoms with Gasteiger partial charge < -0.3 is 24.0 Å². The van der Waals surface area contributed by atoms with Crippen LogP contribution in [0.3, 0.4) is 0 Å². The Hall–Kier alpha value is -2.38. The lowest BCUT2D eigenvalue weighted by Crippen LogP contribution is -2.50. The third-order valence-corrected chi connectivity index (χ3v) is 4.83. The molecule has 0 N–H and O–H groups in total. The van der Waals surface area contributed by atoms with Crippen LogP contribution in [0, 0.1) is 6.92 Å². The molecule has 7 heteroatoms. The Balaban J connectivity index is 1.65. The number of pyridine rings is 1. The molecule has 0 atom stereocenters. The fourth-order valence-electron chi connectivity index (χ4n) is 3.28. The van der Waals surface area contributed by atoms with E-state index in [1.165, 1.54) is 5.56 Å². The Bertz CT molecular complexity index is 788. The normalized spacial score (nSPS) is 14.6. The van der Waals surface area contributed by atoms with E-state index in [-0.39, 0.29) is 12.5 Å². The van der Waals surface area contributed by atoms with Gasteiger partial charge in [0.05, 0.1) is 20.3 Å². The lowest BCUT2D eigenvalue weighted by molar-refractivity contribution is -0.136. The summed E-state index contributed by atoms with van der Waals surface area (Å²) in [7, 11) is 3.28. The molecule has 0 aliphatic carbocycles. The van der Waals surface area contributed by atoms with E-state index < -0.39 is 0 Å². The molecule has 1 aromatic carbocycles. The zero-order valence-corrected chi connectivity index (χ0v) is 16.2. The number of amides is 1. The highest BCUT2D eigenvalue weighted by atomic mass is 16.5. The summed E-state index contributed by atoms with van der Waals surface area (Å²) in [6, 6.07) is 8.07. The van der Waals surface area contributed by atoms with Crippen LogP contribution in [0.1, 0.15) is 5.56 Å². The smallest absolute Gasteiger partial charge is 0.248 e. The molecule has 3 rings (SSSR count). The van der Waals surface area contributed by atoms with Crippen molar-refractivity contribution in [2.45, 2.75) is 6.92 Å². The SMILES string of the molecule is COCCOCC(=O)N1CCN(c2cc(C)c3cccc(OC)c3n2)CC1. The van der Waals surface area contributed by atoms with Crippen LogP contribution in [0.25, 0.3) is 10.9 Å². The van der Waals surface area contributed by atoms with Gasteiger partial charge in [-0.2, -0.15) is 0 Å². The van der Waals surface area contributed by atoms with Gasteiger partial charge in [-0.1, -0.05) is 12.1 Å². The Kier molecular flexibility index (Phi) is 6.47. The summed E-state index contributed by atoms with van der Waals surface area (Å²) in [4.78, 5) is 21.1. The van der Waals surface area contributed by atoms with Crippen LogP contribution >= 0.6 is 0 Å². The molecule has 1 amide bonds. The minimum atomic E-state index is 0.0232. The van der Waals surface area contributed by atoms with Gasteiger partial charge >= 0.3 is 0 Å². The standard InChI is InChI=1S/C20H27N3O4/c1-15-13-18(21-20-16(15)5-4-6-17(20)26-3)22-7-9-23(10-8-22)19(24)14-27-12-11-25-2/h4-6,13H,7-12,14H2,1-3H3. The van der Waals surface area contributed by atoms with E-state index in [2.05, 4.69) is 24.0 Å². The number of benzene rings is 1. The summed E-state index contributed by atoms with van der Waals surface area (Å²) in [5, 5.41) is 1.10. The van der Waals surface area contributed by atoms with Gasteiger partial charge in [0.2, 0.25) is 5.91 Å². The van der Waals surface area contributed by atoms with E-state index in [0.717, 1.165) is 35.6 Å². The Morgan fingerprint density at radius 3 is 2.63 bits per heavy atom. The zero-order chi connectivity index (χ0) is 19.2. The quantitative estimate of drug-likeness (QED) is 0.691. The first-order valence-corrected chi connectivity index (χ1v) is 9.18. The number of aromatic nitrogens is 1. The van der Waals surface area contributed by atoms with Crippen LogP contribution in [0.2, 0.25) is 0 Å². The number of piperazine rings is 1. The van der Waals surface area contributed by atoms with Gasteiger partial charge in [0.25, 0.3) is 0 Å². The molecule has 27 heavy (non-hydrogen) atoms. The maximum absolute atomic E-state index is 12.2. The minimum absolute atomic E-state index is 0.0232. The van der Waals surface area contributed by atoms with Gasteiger partial charge in [0.15, 0.2) is 0 Å². The van der Waals surface area contributed by atoms with Crippen molar-refractivity contribution in [3.8, 4) is 5.75 Å². The lowest BCUT2D eigenvalue weighted by Gasteiger charge is -2.35. The highest BCUT2D eigenvalue weighted by molar-refractivity contribution is 5.89. The van der Waals surface area contributed by atoms with Gasteiger partial charge in [-0.15, -0.1) is 0 Å². The fraction of sp³-hybridized carbons (Fsp3) is 0.500. The molecule has 7 nitrogen and oxygen atoms in total. The summed E-state index contributed by atoms with van der Waals surface area (Å²) in [5.41, 5.74) is 2.04. The van der Waals surface area contributed by atoms with Gasteiger partial charge in [0.1, 0.15) is 23.7 Å². The van der Waals surface area contributed by atoms with Gasteiger partial charge in [-0.25, -0.2) is 4.98 Å². The summed E-state index contributed by atoms with van der Waals surface area (Å²) in [6.45, 7) is 5.95. The Labute approximate surface area is 159 Å². The lowest BCUT2D eigenvalue weighted by atomic mass is 10.1. The molecule has 0 unspecified atom stereocenters. The molecule has 0 saturated carbocycles. The van der Waals surface area contributed by atoms with E-state index in [1.807, 2.05) is 17.0 Å². The number of ether oxygens (including phenoxy) is 3. The molecule has 2 heterocycles. The van der Waals surface area contributed by atoms with Crippen LogP contribution in [0.5, 0.6) is 5.75 Å². The minimum Gasteiger partial charge on any atom is -0.494 e. The van der Waals surface area contributed by atoms with Crippen molar-refractivity contribution < 1.29 is 19.0 Å². The number of para-hydroxylation sites is 1. The van der Waals surface area contributed by atoms with E-state index >= 15 is 0 Å². The summed E-state index contributed by atoms with van der Waals surface area (Å²) in [6.07, 6.45) is 0. The van der Waals surface area contributed by atoms with E-state index in [0.29, 0.717) is 26.3 Å². The molecule has 1 saturated heterocycles. The van der Waals surface area contributed by atoms with Crippen molar-refractivity contribution in [2.75, 3.05) is 65.1 Å². The molecule has 146 valence electrons. The first-order valence-electron chi connectivity index (χ1n) is 9.18. The van der Waals surface area contributed by atoms with Crippen LogP contribution < -0.4 is 9.64 Å². The van der Waals surface area contributed by atoms with Gasteiger partial charge in [-0.05, 0) is 24.6 Å². The first kappa shape index (κ1) is 19.4. The second-order valence-electron chi connectivity index (χ2n) is 6.57. The van der Waals surface area contributed by atoms with Gasteiger partial charge in [0, 0.05) is 38.7 Å². The Morgan fingerprint density at radius 1 is 1.15 bits per heavy atom. The summed E-state index contributed by atoms with van der Waals surface area (Å²) < 4.78 is 15.7. The molecular weight excluding hydrogens is 346 g/mol. The van der Waals surface area contributed by atoms with Crippen LogP contribution in [-0.2, 0) is 14.3 Å². The number of fused-ring (bicyclic) bond motifs is 1. The van der Waals surface area contributed by atoms with Crippen molar-refractivity contribution >= 4 is 22.6 Å². The molecule has 2 aromatic rings. The number of carbonyl (C=O) groups is 1. The maximum Gasteiger partial charge on any atom is 0.248 e. The predicted molar refractivity (Wildman–Crippen MR) is 105 cm³/mol. The number of carbonyl (C=O) groups excluding carboxylic acids is 1. The van der Waals surface area contributed by atoms with Crippen molar-refractivity contribution in [1.29, 1.82) is 0 Å². The van der Waals surface area contributed by atoms with E-state index in [9.17, 15) is 4.79 Å². The molecule has 0 spiro atoms. The number of nitrogens with zero attached hydrogens (tertiary/aromatic N) is 3. The summed E-state index contributed by atoms with van der Waals surface area (Å²) in [5.74, 6) is 1.72.